The van der Waals surface area contributed by atoms with E-state index in [2.05, 4.69) is 16.9 Å². The van der Waals surface area contributed by atoms with Crippen molar-refractivity contribution in [3.05, 3.63) is 12.3 Å². The molecular weight excluding hydrogens is 116 g/mol. The van der Waals surface area contributed by atoms with Crippen LogP contribution in [0.5, 0.6) is 0 Å². The molecule has 0 aromatic carbocycles. The third-order valence-electron chi connectivity index (χ3n) is 0.637. The second-order valence-corrected chi connectivity index (χ2v) is 1.63. The maximum Gasteiger partial charge on any atom is 0.171 e. The number of nitrogens with zero attached hydrogens (tertiary/aromatic N) is 1. The molecule has 0 spiro atoms. The van der Waals surface area contributed by atoms with Gasteiger partial charge in [-0.05, 0) is 6.92 Å². The zero-order valence-electron chi connectivity index (χ0n) is 5.85. The number of hydrogen-bond donors (Lipinski definition) is 1. The molecule has 0 aliphatic carbocycles. The predicted octanol–water partition coefficient (Wildman–Crippen LogP) is 0.742. The van der Waals surface area contributed by atoms with E-state index in [4.69, 9.17) is 4.74 Å². The smallest absolute Gasteiger partial charge is 0.171 e. The molecule has 0 heterocycles. The molecule has 0 aromatic heterocycles. The number of aliphatic imine (C=N–C) groups is 1. The maximum atomic E-state index is 4.83. The van der Waals surface area contributed by atoms with E-state index >= 15 is 0 Å². The van der Waals surface area contributed by atoms with E-state index in [1.807, 2.05) is 6.92 Å². The average Bonchev–Trinajstić information content (AvgIpc) is 1.80. The van der Waals surface area contributed by atoms with Crippen LogP contribution in [0.25, 0.3) is 0 Å². The zero-order chi connectivity index (χ0) is 7.11. The Morgan fingerprint density at radius 1 is 1.89 bits per heavy atom. The molecule has 0 saturated carbocycles. The van der Waals surface area contributed by atoms with Crippen LogP contribution in [0, 0.1) is 0 Å². The molecule has 0 rings (SSSR count). The SMILES string of the molecule is C=C(C)NCO/C=N\C. The lowest BCUT2D eigenvalue weighted by Gasteiger charge is -2.01. The summed E-state index contributed by atoms with van der Waals surface area (Å²) in [5, 5.41) is 2.87. The van der Waals surface area contributed by atoms with E-state index in [0.29, 0.717) is 6.73 Å². The molecule has 0 saturated heterocycles. The molecule has 52 valence electrons. The van der Waals surface area contributed by atoms with Crippen LogP contribution in [0.4, 0.5) is 0 Å². The first-order valence-corrected chi connectivity index (χ1v) is 2.69. The van der Waals surface area contributed by atoms with Gasteiger partial charge < -0.3 is 10.1 Å². The van der Waals surface area contributed by atoms with E-state index in [1.54, 1.807) is 7.05 Å². The number of ether oxygens (including phenoxy) is 1. The van der Waals surface area contributed by atoms with Crippen LogP contribution in [0.15, 0.2) is 17.3 Å². The quantitative estimate of drug-likeness (QED) is 0.262. The van der Waals surface area contributed by atoms with Crippen LogP contribution in [-0.2, 0) is 4.74 Å². The van der Waals surface area contributed by atoms with Crippen molar-refractivity contribution in [1.82, 2.24) is 5.32 Å². The van der Waals surface area contributed by atoms with Gasteiger partial charge in [0.05, 0.1) is 0 Å². The van der Waals surface area contributed by atoms with Crippen molar-refractivity contribution in [2.75, 3.05) is 13.8 Å². The van der Waals surface area contributed by atoms with Crippen LogP contribution in [0.3, 0.4) is 0 Å². The van der Waals surface area contributed by atoms with Crippen molar-refractivity contribution in [2.45, 2.75) is 6.92 Å². The van der Waals surface area contributed by atoms with Crippen LogP contribution in [0.2, 0.25) is 0 Å². The summed E-state index contributed by atoms with van der Waals surface area (Å²) in [5.74, 6) is 0. The third kappa shape index (κ3) is 7.01. The Kier molecular flexibility index (Phi) is 4.59. The van der Waals surface area contributed by atoms with E-state index in [-0.39, 0.29) is 0 Å². The Morgan fingerprint density at radius 3 is 3.00 bits per heavy atom. The van der Waals surface area contributed by atoms with Crippen LogP contribution in [0.1, 0.15) is 6.92 Å². The highest BCUT2D eigenvalue weighted by Crippen LogP contribution is 1.75. The molecule has 9 heavy (non-hydrogen) atoms. The molecule has 3 nitrogen and oxygen atoms in total. The number of rotatable bonds is 4. The molecule has 0 fully saturated rings. The second kappa shape index (κ2) is 5.15. The topological polar surface area (TPSA) is 33.6 Å². The molecule has 1 N–H and O–H groups in total. The fraction of sp³-hybridized carbons (Fsp3) is 0.500. The highest BCUT2D eigenvalue weighted by Gasteiger charge is 1.78. The molecular formula is C6H12N2O. The first kappa shape index (κ1) is 8.01. The van der Waals surface area contributed by atoms with Crippen molar-refractivity contribution in [1.29, 1.82) is 0 Å². The minimum absolute atomic E-state index is 0.437. The fourth-order valence-corrected chi connectivity index (χ4v) is 0.277. The molecule has 0 bridgehead atoms. The van der Waals surface area contributed by atoms with E-state index in [0.717, 1.165) is 5.70 Å². The van der Waals surface area contributed by atoms with Gasteiger partial charge in [0.2, 0.25) is 0 Å². The Labute approximate surface area is 55.4 Å². The predicted molar refractivity (Wildman–Crippen MR) is 38.3 cm³/mol. The summed E-state index contributed by atoms with van der Waals surface area (Å²) in [6.07, 6.45) is 1.38. The van der Waals surface area contributed by atoms with Crippen molar-refractivity contribution in [3.8, 4) is 0 Å². The molecule has 0 aromatic rings. The molecule has 0 amide bonds. The van der Waals surface area contributed by atoms with Gasteiger partial charge in [-0.1, -0.05) is 6.58 Å². The van der Waals surface area contributed by atoms with E-state index in [1.165, 1.54) is 6.40 Å². The summed E-state index contributed by atoms with van der Waals surface area (Å²) in [6.45, 7) is 5.92. The van der Waals surface area contributed by atoms with Gasteiger partial charge in [0.15, 0.2) is 13.1 Å². The Bertz CT molecular complexity index is 110. The lowest BCUT2D eigenvalue weighted by Crippen LogP contribution is -2.13. The van der Waals surface area contributed by atoms with Crippen molar-refractivity contribution in [3.63, 3.8) is 0 Å². The summed E-state index contributed by atoms with van der Waals surface area (Å²) in [6, 6.07) is 0. The fourth-order valence-electron chi connectivity index (χ4n) is 0.277. The Morgan fingerprint density at radius 2 is 2.56 bits per heavy atom. The average molecular weight is 128 g/mol. The Hall–Kier alpha value is -0.990. The van der Waals surface area contributed by atoms with Crippen LogP contribution in [-0.4, -0.2) is 20.2 Å². The van der Waals surface area contributed by atoms with E-state index in [9.17, 15) is 0 Å². The van der Waals surface area contributed by atoms with Crippen molar-refractivity contribution in [2.24, 2.45) is 4.99 Å². The summed E-state index contributed by atoms with van der Waals surface area (Å²) >= 11 is 0. The lowest BCUT2D eigenvalue weighted by atomic mass is 10.6. The highest BCUT2D eigenvalue weighted by molar-refractivity contribution is 5.45. The zero-order valence-corrected chi connectivity index (χ0v) is 5.85. The van der Waals surface area contributed by atoms with Gasteiger partial charge in [-0.25, -0.2) is 0 Å². The first-order chi connectivity index (χ1) is 4.27. The van der Waals surface area contributed by atoms with Crippen LogP contribution < -0.4 is 5.32 Å². The largest absolute Gasteiger partial charge is 0.463 e. The maximum absolute atomic E-state index is 4.83. The van der Waals surface area contributed by atoms with Gasteiger partial charge in [-0.3, -0.25) is 4.99 Å². The summed E-state index contributed by atoms with van der Waals surface area (Å²) < 4.78 is 4.83. The van der Waals surface area contributed by atoms with Gasteiger partial charge in [0.25, 0.3) is 0 Å². The molecule has 0 aliphatic rings. The normalized spacial score (nSPS) is 9.56. The summed E-state index contributed by atoms with van der Waals surface area (Å²) in [5.41, 5.74) is 0.888. The van der Waals surface area contributed by atoms with Gasteiger partial charge in [0, 0.05) is 12.7 Å². The standard InChI is InChI=1S/C6H12N2O/c1-6(2)8-5-9-4-7-3/h4,8H,1,5H2,2-3H3/b7-4-. The highest BCUT2D eigenvalue weighted by atomic mass is 16.5. The lowest BCUT2D eigenvalue weighted by molar-refractivity contribution is 0.299. The van der Waals surface area contributed by atoms with Gasteiger partial charge >= 0.3 is 0 Å². The minimum Gasteiger partial charge on any atom is -0.463 e. The molecule has 0 radical (unpaired) electrons. The van der Waals surface area contributed by atoms with E-state index < -0.39 is 0 Å². The summed E-state index contributed by atoms with van der Waals surface area (Å²) in [4.78, 5) is 3.62. The van der Waals surface area contributed by atoms with Gasteiger partial charge in [-0.15, -0.1) is 0 Å². The third-order valence-corrected chi connectivity index (χ3v) is 0.637. The van der Waals surface area contributed by atoms with Crippen LogP contribution >= 0.6 is 0 Å². The van der Waals surface area contributed by atoms with Crippen molar-refractivity contribution < 1.29 is 4.74 Å². The van der Waals surface area contributed by atoms with Crippen molar-refractivity contribution >= 4 is 6.40 Å². The summed E-state index contributed by atoms with van der Waals surface area (Å²) in [7, 11) is 1.65. The molecule has 0 atom stereocenters. The minimum atomic E-state index is 0.437. The second-order valence-electron chi connectivity index (χ2n) is 1.63. The number of nitrogens with one attached hydrogen (secondary N) is 1. The molecule has 3 heteroatoms. The number of allylic oxidation sites excluding steroid dienone is 1. The Balaban J connectivity index is 3.01. The number of hydrogen-bond acceptors (Lipinski definition) is 3. The van der Waals surface area contributed by atoms with Gasteiger partial charge in [-0.2, -0.15) is 0 Å². The monoisotopic (exact) mass is 128 g/mol. The van der Waals surface area contributed by atoms with Gasteiger partial charge in [0.1, 0.15) is 0 Å². The molecule has 0 aliphatic heterocycles. The first-order valence-electron chi connectivity index (χ1n) is 2.69. The molecule has 0 unspecified atom stereocenters.